The Kier molecular flexibility index (Phi) is 5.46. The molecule has 0 radical (unpaired) electrons. The molecule has 1 aromatic carbocycles. The summed E-state index contributed by atoms with van der Waals surface area (Å²) in [6.07, 6.45) is 0. The maximum absolute atomic E-state index is 12.5. The molecule has 0 saturated heterocycles. The lowest BCUT2D eigenvalue weighted by molar-refractivity contribution is -0.116. The molecule has 1 aromatic heterocycles. The highest BCUT2D eigenvalue weighted by Gasteiger charge is 2.36. The highest BCUT2D eigenvalue weighted by molar-refractivity contribution is 7.18. The summed E-state index contributed by atoms with van der Waals surface area (Å²) in [7, 11) is 2.36. The topological polar surface area (TPSA) is 119 Å². The maximum Gasteiger partial charge on any atom is 0.348 e. The van der Waals surface area contributed by atoms with Crippen molar-refractivity contribution in [2.24, 2.45) is 0 Å². The van der Waals surface area contributed by atoms with E-state index in [2.05, 4.69) is 10.1 Å². The Hall–Kier alpha value is -3.53. The van der Waals surface area contributed by atoms with E-state index in [9.17, 15) is 24.0 Å². The van der Waals surface area contributed by atoms with Gasteiger partial charge in [0.1, 0.15) is 16.4 Å². The van der Waals surface area contributed by atoms with Gasteiger partial charge in [0.2, 0.25) is 5.91 Å². The van der Waals surface area contributed by atoms with Gasteiger partial charge in [-0.2, -0.15) is 0 Å². The lowest BCUT2D eigenvalue weighted by atomic mass is 10.1. The fraction of sp³-hybridized carbons (Fsp3) is 0.211. The van der Waals surface area contributed by atoms with Gasteiger partial charge in [0.25, 0.3) is 11.8 Å². The summed E-state index contributed by atoms with van der Waals surface area (Å²) in [5, 5.41) is 2.55. The number of esters is 2. The molecular weight excluding hydrogens is 400 g/mol. The van der Waals surface area contributed by atoms with Crippen molar-refractivity contribution in [3.05, 3.63) is 51.4 Å². The number of hydrogen-bond acceptors (Lipinski definition) is 8. The van der Waals surface area contributed by atoms with Gasteiger partial charge in [0.15, 0.2) is 0 Å². The zero-order chi connectivity index (χ0) is 21.3. The minimum absolute atomic E-state index is 0.00797. The molecule has 0 bridgehead atoms. The van der Waals surface area contributed by atoms with Crippen molar-refractivity contribution in [1.82, 2.24) is 4.90 Å². The smallest absolute Gasteiger partial charge is 0.348 e. The van der Waals surface area contributed by atoms with E-state index in [1.165, 1.54) is 33.3 Å². The predicted octanol–water partition coefficient (Wildman–Crippen LogP) is 1.86. The Bertz CT molecular complexity index is 1020. The highest BCUT2D eigenvalue weighted by atomic mass is 32.1. The van der Waals surface area contributed by atoms with Gasteiger partial charge >= 0.3 is 11.9 Å². The fourth-order valence-electron chi connectivity index (χ4n) is 2.93. The number of nitrogens with one attached hydrogen (secondary N) is 1. The first-order valence-corrected chi connectivity index (χ1v) is 9.16. The van der Waals surface area contributed by atoms with Crippen molar-refractivity contribution in [2.75, 3.05) is 26.1 Å². The Morgan fingerprint density at radius 2 is 1.55 bits per heavy atom. The van der Waals surface area contributed by atoms with Crippen molar-refractivity contribution in [3.63, 3.8) is 0 Å². The number of methoxy groups -OCH3 is 2. The maximum atomic E-state index is 12.5. The molecule has 0 spiro atoms. The van der Waals surface area contributed by atoms with E-state index in [1.54, 1.807) is 12.1 Å². The Labute approximate surface area is 169 Å². The van der Waals surface area contributed by atoms with Crippen LogP contribution in [0.25, 0.3) is 0 Å². The molecule has 3 rings (SSSR count). The Morgan fingerprint density at radius 1 is 1.00 bits per heavy atom. The van der Waals surface area contributed by atoms with Gasteiger partial charge < -0.3 is 14.8 Å². The summed E-state index contributed by atoms with van der Waals surface area (Å²) in [6, 6.07) is 6.26. The second-order valence-electron chi connectivity index (χ2n) is 6.03. The van der Waals surface area contributed by atoms with Gasteiger partial charge in [-0.3, -0.25) is 19.3 Å². The summed E-state index contributed by atoms with van der Waals surface area (Å²) in [6.45, 7) is 0.978. The van der Waals surface area contributed by atoms with Gasteiger partial charge in [-0.05, 0) is 24.6 Å². The number of fused-ring (bicyclic) bond motifs is 1. The normalized spacial score (nSPS) is 12.6. The molecule has 1 N–H and O–H groups in total. The van der Waals surface area contributed by atoms with Crippen LogP contribution in [0.3, 0.4) is 0 Å². The van der Waals surface area contributed by atoms with Gasteiger partial charge in [-0.15, -0.1) is 11.3 Å². The summed E-state index contributed by atoms with van der Waals surface area (Å²) in [4.78, 5) is 62.3. The lowest BCUT2D eigenvalue weighted by Gasteiger charge is -2.13. The second-order valence-corrected chi connectivity index (χ2v) is 7.05. The molecule has 1 aliphatic rings. The van der Waals surface area contributed by atoms with Gasteiger partial charge in [0.05, 0.1) is 30.9 Å². The number of nitrogens with zero attached hydrogens (tertiary/aromatic N) is 1. The van der Waals surface area contributed by atoms with Crippen molar-refractivity contribution in [1.29, 1.82) is 0 Å². The number of ether oxygens (including phenoxy) is 2. The molecule has 29 heavy (non-hydrogen) atoms. The van der Waals surface area contributed by atoms with E-state index in [0.29, 0.717) is 5.56 Å². The minimum Gasteiger partial charge on any atom is -0.465 e. The zero-order valence-electron chi connectivity index (χ0n) is 15.7. The molecule has 2 aromatic rings. The van der Waals surface area contributed by atoms with E-state index in [4.69, 9.17) is 4.74 Å². The summed E-state index contributed by atoms with van der Waals surface area (Å²) in [5.74, 6) is -3.27. The minimum atomic E-state index is -0.745. The molecule has 150 valence electrons. The third-order valence-electron chi connectivity index (χ3n) is 4.34. The average molecular weight is 416 g/mol. The van der Waals surface area contributed by atoms with E-state index in [-0.39, 0.29) is 26.6 Å². The molecule has 0 aliphatic carbocycles. The van der Waals surface area contributed by atoms with Crippen LogP contribution >= 0.6 is 11.3 Å². The number of carbonyl (C=O) groups excluding carboxylic acids is 5. The predicted molar refractivity (Wildman–Crippen MR) is 102 cm³/mol. The number of rotatable bonds is 5. The molecular formula is C19H16N2O7S. The molecule has 3 amide bonds. The third kappa shape index (κ3) is 3.49. The summed E-state index contributed by atoms with van der Waals surface area (Å²) >= 11 is 0.842. The van der Waals surface area contributed by atoms with E-state index in [0.717, 1.165) is 16.2 Å². The summed E-state index contributed by atoms with van der Waals surface area (Å²) in [5.41, 5.74) is 0.749. The Morgan fingerprint density at radius 3 is 2.07 bits per heavy atom. The van der Waals surface area contributed by atoms with Crippen molar-refractivity contribution < 1.29 is 33.4 Å². The van der Waals surface area contributed by atoms with Crippen molar-refractivity contribution >= 4 is 46.0 Å². The monoisotopic (exact) mass is 416 g/mol. The molecule has 0 fully saturated rings. The number of amides is 3. The van der Waals surface area contributed by atoms with Crippen LogP contribution in [-0.4, -0.2) is 55.3 Å². The number of imide groups is 1. The molecule has 2 heterocycles. The van der Waals surface area contributed by atoms with Crippen LogP contribution in [0.2, 0.25) is 0 Å². The van der Waals surface area contributed by atoms with Crippen LogP contribution in [0.1, 0.15) is 46.3 Å². The highest BCUT2D eigenvalue weighted by Crippen LogP contribution is 2.34. The van der Waals surface area contributed by atoms with Crippen molar-refractivity contribution in [3.8, 4) is 0 Å². The third-order valence-corrected chi connectivity index (χ3v) is 5.53. The fourth-order valence-corrected chi connectivity index (χ4v) is 4.06. The first-order chi connectivity index (χ1) is 13.8. The quantitative estimate of drug-likeness (QED) is 0.584. The first kappa shape index (κ1) is 20.2. The van der Waals surface area contributed by atoms with Gasteiger partial charge in [-0.1, -0.05) is 12.1 Å². The van der Waals surface area contributed by atoms with Crippen LogP contribution in [0.4, 0.5) is 5.00 Å². The lowest BCUT2D eigenvalue weighted by Crippen LogP contribution is -2.37. The molecule has 10 heteroatoms. The largest absolute Gasteiger partial charge is 0.465 e. The first-order valence-electron chi connectivity index (χ1n) is 8.35. The number of thiophene rings is 1. The molecule has 0 unspecified atom stereocenters. The Balaban J connectivity index is 1.84. The molecule has 9 nitrogen and oxygen atoms in total. The van der Waals surface area contributed by atoms with Crippen LogP contribution in [0, 0.1) is 6.92 Å². The van der Waals surface area contributed by atoms with Gasteiger partial charge in [0, 0.05) is 0 Å². The van der Waals surface area contributed by atoms with E-state index < -0.39 is 36.2 Å². The second kappa shape index (κ2) is 7.84. The number of benzene rings is 1. The molecule has 1 aliphatic heterocycles. The molecule has 0 atom stereocenters. The zero-order valence-corrected chi connectivity index (χ0v) is 16.5. The average Bonchev–Trinajstić information content (AvgIpc) is 3.16. The van der Waals surface area contributed by atoms with Crippen LogP contribution in [0.5, 0.6) is 0 Å². The van der Waals surface area contributed by atoms with E-state index >= 15 is 0 Å². The number of carbonyl (C=O) groups is 5. The SMILES string of the molecule is COC(=O)c1sc(NC(=O)CN2C(=O)c3ccccc3C2=O)c(C(=O)OC)c1C. The standard InChI is InChI=1S/C19H16N2O7S/c1-9-13(18(25)27-2)15(29-14(9)19(26)28-3)20-12(22)8-21-16(23)10-6-4-5-7-11(10)17(21)24/h4-7H,8H2,1-3H3,(H,20,22). The van der Waals surface area contributed by atoms with Gasteiger partial charge in [-0.25, -0.2) is 9.59 Å². The van der Waals surface area contributed by atoms with Crippen LogP contribution in [0.15, 0.2) is 24.3 Å². The molecule has 0 saturated carbocycles. The number of hydrogen-bond donors (Lipinski definition) is 1. The van der Waals surface area contributed by atoms with Crippen LogP contribution < -0.4 is 5.32 Å². The van der Waals surface area contributed by atoms with Crippen molar-refractivity contribution in [2.45, 2.75) is 6.92 Å². The van der Waals surface area contributed by atoms with E-state index in [1.807, 2.05) is 0 Å². The van der Waals surface area contributed by atoms with Crippen LogP contribution in [-0.2, 0) is 14.3 Å². The number of anilines is 1. The summed E-state index contributed by atoms with van der Waals surface area (Å²) < 4.78 is 9.41.